The minimum atomic E-state index is 0.248. The van der Waals surface area contributed by atoms with Gasteiger partial charge in [0.1, 0.15) is 0 Å². The van der Waals surface area contributed by atoms with Gasteiger partial charge in [0.15, 0.2) is 0 Å². The lowest BCUT2D eigenvalue weighted by Gasteiger charge is -2.47. The number of piperidine rings is 1. The molecule has 0 aliphatic carbocycles. The molecule has 0 bridgehead atoms. The van der Waals surface area contributed by atoms with Crippen LogP contribution in [0, 0.1) is 6.92 Å². The van der Waals surface area contributed by atoms with E-state index in [9.17, 15) is 0 Å². The standard InChI is InChI=1S/C17H29N3S/c1-3-15(18)17(16-8-7-13(2)21-16)20-11-10-19-9-5-4-6-14(19)12-20/h7-8,14-15,17H,3-6,9-12,18H2,1-2H3. The van der Waals surface area contributed by atoms with Crippen molar-refractivity contribution < 1.29 is 0 Å². The summed E-state index contributed by atoms with van der Waals surface area (Å²) < 4.78 is 0. The van der Waals surface area contributed by atoms with Gasteiger partial charge in [-0.3, -0.25) is 9.80 Å². The summed E-state index contributed by atoms with van der Waals surface area (Å²) in [5.74, 6) is 0. The molecule has 3 unspecified atom stereocenters. The number of hydrogen-bond acceptors (Lipinski definition) is 4. The fourth-order valence-electron chi connectivity index (χ4n) is 3.93. The van der Waals surface area contributed by atoms with Gasteiger partial charge >= 0.3 is 0 Å². The maximum Gasteiger partial charge on any atom is 0.0594 e. The van der Waals surface area contributed by atoms with Gasteiger partial charge < -0.3 is 5.73 Å². The van der Waals surface area contributed by atoms with Crippen molar-refractivity contribution in [2.24, 2.45) is 5.73 Å². The van der Waals surface area contributed by atoms with E-state index in [1.165, 1.54) is 55.2 Å². The van der Waals surface area contributed by atoms with Crippen molar-refractivity contribution in [3.63, 3.8) is 0 Å². The van der Waals surface area contributed by atoms with E-state index in [0.29, 0.717) is 6.04 Å². The molecule has 2 saturated heterocycles. The first kappa shape index (κ1) is 15.5. The Balaban J connectivity index is 1.77. The Bertz CT molecular complexity index is 459. The van der Waals surface area contributed by atoms with Crippen LogP contribution in [0.15, 0.2) is 12.1 Å². The summed E-state index contributed by atoms with van der Waals surface area (Å²) in [4.78, 5) is 8.24. The SMILES string of the molecule is CCC(N)C(c1ccc(C)s1)N1CCN2CCCCC2C1. The molecule has 4 heteroatoms. The Labute approximate surface area is 133 Å². The van der Waals surface area contributed by atoms with Crippen LogP contribution in [-0.4, -0.2) is 48.1 Å². The minimum absolute atomic E-state index is 0.248. The van der Waals surface area contributed by atoms with Crippen LogP contribution in [0.25, 0.3) is 0 Å². The maximum absolute atomic E-state index is 6.51. The Hall–Kier alpha value is -0.420. The Morgan fingerprint density at radius 3 is 2.86 bits per heavy atom. The molecule has 1 aromatic heterocycles. The summed E-state index contributed by atoms with van der Waals surface area (Å²) >= 11 is 1.93. The number of aryl methyl sites for hydroxylation is 1. The monoisotopic (exact) mass is 307 g/mol. The summed E-state index contributed by atoms with van der Waals surface area (Å²) in [5, 5.41) is 0. The predicted octanol–water partition coefficient (Wildman–Crippen LogP) is 3.01. The molecule has 21 heavy (non-hydrogen) atoms. The van der Waals surface area contributed by atoms with Crippen LogP contribution in [0.4, 0.5) is 0 Å². The van der Waals surface area contributed by atoms with Crippen molar-refractivity contribution in [1.82, 2.24) is 9.80 Å². The van der Waals surface area contributed by atoms with E-state index in [4.69, 9.17) is 5.73 Å². The van der Waals surface area contributed by atoms with Crippen molar-refractivity contribution in [1.29, 1.82) is 0 Å². The van der Waals surface area contributed by atoms with Gasteiger partial charge in [0.2, 0.25) is 0 Å². The predicted molar refractivity (Wildman–Crippen MR) is 90.8 cm³/mol. The van der Waals surface area contributed by atoms with Gasteiger partial charge in [-0.2, -0.15) is 0 Å². The zero-order valence-electron chi connectivity index (χ0n) is 13.4. The second kappa shape index (κ2) is 6.78. The molecule has 2 fully saturated rings. The number of thiophene rings is 1. The third-order valence-corrected chi connectivity index (χ3v) is 6.26. The minimum Gasteiger partial charge on any atom is -0.326 e. The fourth-order valence-corrected chi connectivity index (χ4v) is 5.02. The van der Waals surface area contributed by atoms with Gasteiger partial charge in [0, 0.05) is 41.5 Å². The van der Waals surface area contributed by atoms with Crippen LogP contribution < -0.4 is 5.73 Å². The summed E-state index contributed by atoms with van der Waals surface area (Å²) in [6, 6.07) is 5.97. The molecule has 3 heterocycles. The molecule has 0 saturated carbocycles. The molecular weight excluding hydrogens is 278 g/mol. The second-order valence-electron chi connectivity index (χ2n) is 6.65. The van der Waals surface area contributed by atoms with Crippen LogP contribution >= 0.6 is 11.3 Å². The van der Waals surface area contributed by atoms with Crippen LogP contribution in [0.5, 0.6) is 0 Å². The molecule has 1 aromatic rings. The summed E-state index contributed by atoms with van der Waals surface area (Å²) in [7, 11) is 0. The Kier molecular flexibility index (Phi) is 4.99. The van der Waals surface area contributed by atoms with Gasteiger partial charge in [-0.05, 0) is 44.9 Å². The molecule has 0 amide bonds. The van der Waals surface area contributed by atoms with Gasteiger partial charge in [-0.25, -0.2) is 0 Å². The molecule has 2 aliphatic heterocycles. The van der Waals surface area contributed by atoms with Crippen molar-refractivity contribution >= 4 is 11.3 Å². The molecule has 118 valence electrons. The second-order valence-corrected chi connectivity index (χ2v) is 7.97. The number of rotatable bonds is 4. The normalized spacial score (nSPS) is 27.3. The lowest BCUT2D eigenvalue weighted by atomic mass is 9.96. The highest BCUT2D eigenvalue weighted by molar-refractivity contribution is 7.12. The van der Waals surface area contributed by atoms with E-state index in [1.807, 2.05) is 11.3 Å². The van der Waals surface area contributed by atoms with Crippen LogP contribution in [0.3, 0.4) is 0 Å². The highest BCUT2D eigenvalue weighted by Gasteiger charge is 2.35. The van der Waals surface area contributed by atoms with E-state index in [-0.39, 0.29) is 6.04 Å². The summed E-state index contributed by atoms with van der Waals surface area (Å²) in [6.07, 6.45) is 5.21. The average molecular weight is 308 g/mol. The number of nitrogens with zero attached hydrogens (tertiary/aromatic N) is 2. The van der Waals surface area contributed by atoms with Crippen molar-refractivity contribution in [2.75, 3.05) is 26.2 Å². The smallest absolute Gasteiger partial charge is 0.0594 e. The Morgan fingerprint density at radius 1 is 1.29 bits per heavy atom. The molecular formula is C17H29N3S. The lowest BCUT2D eigenvalue weighted by Crippen LogP contribution is -2.57. The topological polar surface area (TPSA) is 32.5 Å². The van der Waals surface area contributed by atoms with Crippen LogP contribution in [0.1, 0.15) is 48.4 Å². The highest BCUT2D eigenvalue weighted by atomic mass is 32.1. The number of piperazine rings is 1. The van der Waals surface area contributed by atoms with Gasteiger partial charge in [-0.1, -0.05) is 13.3 Å². The Morgan fingerprint density at radius 2 is 2.14 bits per heavy atom. The zero-order valence-corrected chi connectivity index (χ0v) is 14.2. The van der Waals surface area contributed by atoms with Gasteiger partial charge in [-0.15, -0.1) is 11.3 Å². The molecule has 0 aromatic carbocycles. The molecule has 2 N–H and O–H groups in total. The third kappa shape index (κ3) is 3.34. The first-order chi connectivity index (χ1) is 10.2. The third-order valence-electron chi connectivity index (χ3n) is 5.19. The molecule has 0 radical (unpaired) electrons. The summed E-state index contributed by atoms with van der Waals surface area (Å²) in [6.45, 7) is 9.32. The number of nitrogens with two attached hydrogens (primary N) is 1. The summed E-state index contributed by atoms with van der Waals surface area (Å²) in [5.41, 5.74) is 6.51. The zero-order chi connectivity index (χ0) is 14.8. The van der Waals surface area contributed by atoms with Crippen LogP contribution in [0.2, 0.25) is 0 Å². The first-order valence-corrected chi connectivity index (χ1v) is 9.30. The van der Waals surface area contributed by atoms with Crippen LogP contribution in [-0.2, 0) is 0 Å². The largest absolute Gasteiger partial charge is 0.326 e. The quantitative estimate of drug-likeness (QED) is 0.928. The van der Waals surface area contributed by atoms with E-state index in [2.05, 4.69) is 35.8 Å². The highest BCUT2D eigenvalue weighted by Crippen LogP contribution is 2.33. The molecule has 2 aliphatic rings. The van der Waals surface area contributed by atoms with Crippen molar-refractivity contribution in [3.05, 3.63) is 21.9 Å². The molecule has 3 nitrogen and oxygen atoms in total. The maximum atomic E-state index is 6.51. The fraction of sp³-hybridized carbons (Fsp3) is 0.765. The van der Waals surface area contributed by atoms with E-state index < -0.39 is 0 Å². The first-order valence-electron chi connectivity index (χ1n) is 8.49. The average Bonchev–Trinajstić information content (AvgIpc) is 2.93. The van der Waals surface area contributed by atoms with Gasteiger partial charge in [0.25, 0.3) is 0 Å². The van der Waals surface area contributed by atoms with Crippen molar-refractivity contribution in [2.45, 2.75) is 57.7 Å². The molecule has 3 atom stereocenters. The number of fused-ring (bicyclic) bond motifs is 1. The van der Waals surface area contributed by atoms with E-state index >= 15 is 0 Å². The van der Waals surface area contributed by atoms with Crippen molar-refractivity contribution in [3.8, 4) is 0 Å². The number of hydrogen-bond donors (Lipinski definition) is 1. The van der Waals surface area contributed by atoms with E-state index in [1.54, 1.807) is 0 Å². The lowest BCUT2D eigenvalue weighted by molar-refractivity contribution is 0.0211. The molecule has 3 rings (SSSR count). The van der Waals surface area contributed by atoms with Gasteiger partial charge in [0.05, 0.1) is 6.04 Å². The van der Waals surface area contributed by atoms with E-state index in [0.717, 1.165) is 12.5 Å². The molecule has 0 spiro atoms.